The van der Waals surface area contributed by atoms with E-state index >= 15 is 0 Å². The van der Waals surface area contributed by atoms with Gasteiger partial charge in [0.15, 0.2) is 0 Å². The van der Waals surface area contributed by atoms with Crippen LogP contribution >= 0.6 is 15.9 Å². The van der Waals surface area contributed by atoms with Crippen molar-refractivity contribution in [1.82, 2.24) is 10.2 Å². The number of halogens is 2. The molecule has 0 saturated carbocycles. The van der Waals surface area contributed by atoms with E-state index in [-0.39, 0.29) is 17.4 Å². The molecule has 4 heteroatoms. The van der Waals surface area contributed by atoms with Crippen molar-refractivity contribution in [3.05, 3.63) is 34.1 Å². The van der Waals surface area contributed by atoms with Crippen LogP contribution in [0.15, 0.2) is 22.7 Å². The van der Waals surface area contributed by atoms with Gasteiger partial charge in [-0.25, -0.2) is 4.39 Å². The Bertz CT molecular complexity index is 417. The number of likely N-dealkylation sites (N-methyl/N-ethyl adjacent to an activating group) is 2. The van der Waals surface area contributed by atoms with Crippen LogP contribution in [0.25, 0.3) is 0 Å². The summed E-state index contributed by atoms with van der Waals surface area (Å²) in [4.78, 5) is 2.34. The molecule has 0 aliphatic carbocycles. The lowest BCUT2D eigenvalue weighted by molar-refractivity contribution is 0.0929. The number of nitrogens with one attached hydrogen (secondary N) is 1. The van der Waals surface area contributed by atoms with Crippen molar-refractivity contribution in [3.63, 3.8) is 0 Å². The van der Waals surface area contributed by atoms with Crippen molar-refractivity contribution in [3.8, 4) is 0 Å². The summed E-state index contributed by atoms with van der Waals surface area (Å²) in [5.41, 5.74) is 0.536. The molecule has 0 radical (unpaired) electrons. The molecule has 1 N–H and O–H groups in total. The zero-order valence-corrected chi connectivity index (χ0v) is 14.0. The van der Waals surface area contributed by atoms with Crippen LogP contribution in [0, 0.1) is 5.82 Å². The lowest BCUT2D eigenvalue weighted by Gasteiger charge is -2.43. The monoisotopic (exact) mass is 330 g/mol. The standard InChI is InChI=1S/C15H24BrFN2/c1-6-19(7-2)15(3,4)14(18-5)11-9-8-10-12(16)13(11)17/h8-10,14,18H,6-7H2,1-5H3. The Kier molecular flexibility index (Phi) is 5.96. The molecule has 0 saturated heterocycles. The molecule has 0 aliphatic rings. The minimum atomic E-state index is -0.179. The minimum Gasteiger partial charge on any atom is -0.311 e. The van der Waals surface area contributed by atoms with Gasteiger partial charge in [-0.2, -0.15) is 0 Å². The molecule has 1 atom stereocenters. The fraction of sp³-hybridized carbons (Fsp3) is 0.600. The van der Waals surface area contributed by atoms with Crippen LogP contribution in [-0.4, -0.2) is 30.6 Å². The van der Waals surface area contributed by atoms with Gasteiger partial charge in [0.25, 0.3) is 0 Å². The Balaban J connectivity index is 3.22. The van der Waals surface area contributed by atoms with Gasteiger partial charge in [-0.1, -0.05) is 26.0 Å². The van der Waals surface area contributed by atoms with Gasteiger partial charge in [-0.05, 0) is 56.0 Å². The quantitative estimate of drug-likeness (QED) is 0.849. The van der Waals surface area contributed by atoms with E-state index in [4.69, 9.17) is 0 Å². The number of benzene rings is 1. The van der Waals surface area contributed by atoms with Crippen molar-refractivity contribution >= 4 is 15.9 Å². The fourth-order valence-corrected chi connectivity index (χ4v) is 3.24. The van der Waals surface area contributed by atoms with Gasteiger partial charge in [0.05, 0.1) is 10.5 Å². The molecule has 0 heterocycles. The summed E-state index contributed by atoms with van der Waals surface area (Å²) in [6, 6.07) is 5.40. The van der Waals surface area contributed by atoms with E-state index in [0.29, 0.717) is 10.0 Å². The summed E-state index contributed by atoms with van der Waals surface area (Å²) >= 11 is 3.27. The Labute approximate surface area is 124 Å². The molecule has 0 bridgehead atoms. The zero-order chi connectivity index (χ0) is 14.6. The largest absolute Gasteiger partial charge is 0.311 e. The van der Waals surface area contributed by atoms with Crippen LogP contribution in [0.3, 0.4) is 0 Å². The van der Waals surface area contributed by atoms with Crippen LogP contribution in [0.4, 0.5) is 4.39 Å². The summed E-state index contributed by atoms with van der Waals surface area (Å²) in [6.07, 6.45) is 0. The lowest BCUT2D eigenvalue weighted by Crippen LogP contribution is -2.52. The second-order valence-electron chi connectivity index (χ2n) is 5.19. The van der Waals surface area contributed by atoms with Gasteiger partial charge in [-0.3, -0.25) is 4.90 Å². The summed E-state index contributed by atoms with van der Waals surface area (Å²) in [6.45, 7) is 10.5. The fourth-order valence-electron chi connectivity index (χ4n) is 2.85. The number of nitrogens with zero attached hydrogens (tertiary/aromatic N) is 1. The van der Waals surface area contributed by atoms with Crippen molar-refractivity contribution in [2.24, 2.45) is 0 Å². The first kappa shape index (κ1) is 16.6. The van der Waals surface area contributed by atoms with E-state index in [1.807, 2.05) is 19.2 Å². The highest BCUT2D eigenvalue weighted by Crippen LogP contribution is 2.34. The van der Waals surface area contributed by atoms with E-state index in [0.717, 1.165) is 13.1 Å². The molecule has 1 rings (SSSR count). The molecular weight excluding hydrogens is 307 g/mol. The number of hydrogen-bond acceptors (Lipinski definition) is 2. The first-order valence-electron chi connectivity index (χ1n) is 6.76. The Morgan fingerprint density at radius 2 is 1.89 bits per heavy atom. The van der Waals surface area contributed by atoms with Gasteiger partial charge in [-0.15, -0.1) is 0 Å². The van der Waals surface area contributed by atoms with Gasteiger partial charge in [0, 0.05) is 11.1 Å². The summed E-state index contributed by atoms with van der Waals surface area (Å²) < 4.78 is 14.8. The highest BCUT2D eigenvalue weighted by molar-refractivity contribution is 9.10. The smallest absolute Gasteiger partial charge is 0.142 e. The molecule has 2 nitrogen and oxygen atoms in total. The zero-order valence-electron chi connectivity index (χ0n) is 12.4. The molecule has 0 aromatic heterocycles. The first-order chi connectivity index (χ1) is 8.89. The van der Waals surface area contributed by atoms with Crippen LogP contribution in [0.5, 0.6) is 0 Å². The second-order valence-corrected chi connectivity index (χ2v) is 6.05. The van der Waals surface area contributed by atoms with E-state index in [1.165, 1.54) is 0 Å². The van der Waals surface area contributed by atoms with Gasteiger partial charge < -0.3 is 5.32 Å². The molecule has 1 unspecified atom stereocenters. The van der Waals surface area contributed by atoms with Crippen molar-refractivity contribution in [2.45, 2.75) is 39.3 Å². The predicted molar refractivity (Wildman–Crippen MR) is 82.9 cm³/mol. The normalized spacial score (nSPS) is 13.9. The highest BCUT2D eigenvalue weighted by Gasteiger charge is 2.35. The van der Waals surface area contributed by atoms with Crippen molar-refractivity contribution in [2.75, 3.05) is 20.1 Å². The molecule has 19 heavy (non-hydrogen) atoms. The molecule has 0 spiro atoms. The molecular formula is C15H24BrFN2. The maximum atomic E-state index is 14.3. The third-order valence-electron chi connectivity index (χ3n) is 3.87. The van der Waals surface area contributed by atoms with E-state index in [2.05, 4.69) is 53.8 Å². The number of hydrogen-bond donors (Lipinski definition) is 1. The van der Waals surface area contributed by atoms with Gasteiger partial charge in [0.1, 0.15) is 5.82 Å². The third kappa shape index (κ3) is 3.36. The molecule has 1 aromatic carbocycles. The average Bonchev–Trinajstić information content (AvgIpc) is 2.36. The SMILES string of the molecule is CCN(CC)C(C)(C)C(NC)c1cccc(Br)c1F. The Hall–Kier alpha value is -0.450. The Morgan fingerprint density at radius 1 is 1.32 bits per heavy atom. The topological polar surface area (TPSA) is 15.3 Å². The molecule has 0 aliphatic heterocycles. The predicted octanol–water partition coefficient (Wildman–Crippen LogP) is 3.97. The number of rotatable bonds is 6. The van der Waals surface area contributed by atoms with E-state index in [1.54, 1.807) is 6.07 Å². The summed E-state index contributed by atoms with van der Waals surface area (Å²) in [5.74, 6) is -0.179. The first-order valence-corrected chi connectivity index (χ1v) is 7.55. The van der Waals surface area contributed by atoms with Crippen LogP contribution in [0.2, 0.25) is 0 Å². The van der Waals surface area contributed by atoms with Crippen molar-refractivity contribution in [1.29, 1.82) is 0 Å². The van der Waals surface area contributed by atoms with Crippen molar-refractivity contribution < 1.29 is 4.39 Å². The molecule has 1 aromatic rings. The summed E-state index contributed by atoms with van der Waals surface area (Å²) in [5, 5.41) is 3.27. The maximum Gasteiger partial charge on any atom is 0.142 e. The average molecular weight is 331 g/mol. The molecule has 0 amide bonds. The van der Waals surface area contributed by atoms with Gasteiger partial charge >= 0.3 is 0 Å². The molecule has 0 fully saturated rings. The highest BCUT2D eigenvalue weighted by atomic mass is 79.9. The summed E-state index contributed by atoms with van der Waals surface area (Å²) in [7, 11) is 1.89. The van der Waals surface area contributed by atoms with Crippen LogP contribution < -0.4 is 5.32 Å². The van der Waals surface area contributed by atoms with Gasteiger partial charge in [0.2, 0.25) is 0 Å². The second kappa shape index (κ2) is 6.82. The lowest BCUT2D eigenvalue weighted by atomic mass is 9.86. The van der Waals surface area contributed by atoms with Crippen LogP contribution in [-0.2, 0) is 0 Å². The molecule has 108 valence electrons. The third-order valence-corrected chi connectivity index (χ3v) is 4.48. The van der Waals surface area contributed by atoms with Crippen LogP contribution in [0.1, 0.15) is 39.3 Å². The Morgan fingerprint density at radius 3 is 2.37 bits per heavy atom. The maximum absolute atomic E-state index is 14.3. The minimum absolute atomic E-state index is 0.0649. The van der Waals surface area contributed by atoms with E-state index < -0.39 is 0 Å². The van der Waals surface area contributed by atoms with E-state index in [9.17, 15) is 4.39 Å².